The molecule has 0 spiro atoms. The van der Waals surface area contributed by atoms with Crippen LogP contribution in [0.4, 0.5) is 9.59 Å². The number of hydrogen-bond donors (Lipinski definition) is 9. The van der Waals surface area contributed by atoms with Crippen molar-refractivity contribution >= 4 is 65.2 Å². The van der Waals surface area contributed by atoms with E-state index in [-0.39, 0.29) is 72.4 Å². The van der Waals surface area contributed by atoms with Crippen LogP contribution in [-0.4, -0.2) is 160 Å². The van der Waals surface area contributed by atoms with Gasteiger partial charge in [0.05, 0.1) is 25.2 Å². The summed E-state index contributed by atoms with van der Waals surface area (Å²) in [6, 6.07) is 13.3. The number of hydrogen-bond acceptors (Lipinski definition) is 14. The van der Waals surface area contributed by atoms with E-state index in [1.54, 1.807) is 51.3 Å². The number of piperidine rings is 2. The van der Waals surface area contributed by atoms with Gasteiger partial charge in [0.15, 0.2) is 6.10 Å². The fraction of sp³-hybridized carbons (Fsp3) is 0.689. The number of carbonyl (C=O) groups excluding carboxylic acids is 11. The van der Waals surface area contributed by atoms with E-state index in [9.17, 15) is 57.8 Å². The fourth-order valence-electron chi connectivity index (χ4n) is 14.7. The Morgan fingerprint density at radius 1 is 0.510 bits per heavy atom. The molecule has 1 unspecified atom stereocenters. The number of ketones is 1. The minimum atomic E-state index is -1.59. The van der Waals surface area contributed by atoms with Crippen LogP contribution in [0.5, 0.6) is 0 Å². The second-order valence-corrected chi connectivity index (χ2v) is 30.9. The van der Waals surface area contributed by atoms with Gasteiger partial charge >= 0.3 is 12.2 Å². The fourth-order valence-corrected chi connectivity index (χ4v) is 14.7. The summed E-state index contributed by atoms with van der Waals surface area (Å²) in [7, 11) is 0. The number of alkyl carbamates (subject to hydrolysis) is 2. The van der Waals surface area contributed by atoms with Gasteiger partial charge in [0.1, 0.15) is 35.4 Å². The van der Waals surface area contributed by atoms with Gasteiger partial charge in [-0.15, -0.1) is 0 Å². The van der Waals surface area contributed by atoms with E-state index in [0.29, 0.717) is 51.7 Å². The van der Waals surface area contributed by atoms with Crippen LogP contribution >= 0.6 is 0 Å². The summed E-state index contributed by atoms with van der Waals surface area (Å²) in [6.07, 6.45) is 13.0. The van der Waals surface area contributed by atoms with E-state index in [0.717, 1.165) is 101 Å². The van der Waals surface area contributed by atoms with E-state index in [4.69, 9.17) is 9.47 Å². The Morgan fingerprint density at radius 3 is 1.29 bits per heavy atom. The number of benzene rings is 2. The number of aliphatic hydroxyl groups is 1. The normalized spacial score (nSPS) is 26.6. The molecule has 98 heavy (non-hydrogen) atoms. The number of nitrogens with zero attached hydrogens (tertiary/aromatic N) is 2. The molecular weight excluding hydrogens is 1250 g/mol. The van der Waals surface area contributed by atoms with Gasteiger partial charge in [-0.1, -0.05) is 191 Å². The van der Waals surface area contributed by atoms with Crippen LogP contribution < -0.4 is 42.5 Å². The summed E-state index contributed by atoms with van der Waals surface area (Å²) in [4.78, 5) is 150. The van der Waals surface area contributed by atoms with Crippen LogP contribution in [0.2, 0.25) is 0 Å². The molecule has 10 amide bonds. The highest BCUT2D eigenvalue weighted by Crippen LogP contribution is 2.66. The van der Waals surface area contributed by atoms with Crippen molar-refractivity contribution in [2.45, 2.75) is 264 Å². The Kier molecular flexibility index (Phi) is 28.1. The van der Waals surface area contributed by atoms with Crippen molar-refractivity contribution in [3.05, 3.63) is 71.8 Å². The molecule has 4 heterocycles. The number of rotatable bonds is 14. The average molecular weight is 1370 g/mol. The van der Waals surface area contributed by atoms with E-state index in [1.807, 2.05) is 60.7 Å². The predicted molar refractivity (Wildman–Crippen MR) is 369 cm³/mol. The van der Waals surface area contributed by atoms with E-state index in [2.05, 4.69) is 70.2 Å². The zero-order valence-electron chi connectivity index (χ0n) is 59.7. The maximum atomic E-state index is 14.1. The smallest absolute Gasteiger partial charge is 0.408 e. The molecule has 8 rings (SSSR count). The second-order valence-electron chi connectivity index (χ2n) is 30.9. The average Bonchev–Trinajstić information content (AvgIpc) is 1.54. The molecule has 9 N–H and O–H groups in total. The number of carbonyl (C=O) groups is 11. The lowest BCUT2D eigenvalue weighted by Crippen LogP contribution is -2.59. The zero-order chi connectivity index (χ0) is 71.5. The molecule has 2 aromatic carbocycles. The summed E-state index contributed by atoms with van der Waals surface area (Å²) < 4.78 is 10.9. The molecule has 11 atom stereocenters. The third-order valence-corrected chi connectivity index (χ3v) is 20.3. The topological polar surface area (TPSA) is 329 Å². The SMILES string of the molecule is CC(C)(C)OC(=O)N[C@H]1CCCCCCCCCC[C@@H](C(=O)C(=O)NCC(=O)NCc2ccccc2)NC(=O)[C@@H]2[C@@H]3[C@H](CN2C1=O)C3(C)C.CC(C)(C)OC(=O)N[C@H]1CCCCCCCCCC[C@@H](C(O)C(=O)NCC(=O)NCc2ccccc2)NC(=O)[C@@H]2[C@@H]3[C@H](CN2C1=O)C3(C)C. The summed E-state index contributed by atoms with van der Waals surface area (Å²) in [5.74, 6) is -4.98. The largest absolute Gasteiger partial charge is 0.444 e. The highest BCUT2D eigenvalue weighted by atomic mass is 16.6. The lowest BCUT2D eigenvalue weighted by atomic mass is 9.97. The molecular formula is C74H112N10O14. The zero-order valence-corrected chi connectivity index (χ0v) is 59.7. The van der Waals surface area contributed by atoms with Crippen LogP contribution in [0.15, 0.2) is 60.7 Å². The first-order chi connectivity index (χ1) is 46.4. The number of nitrogens with one attached hydrogen (secondary N) is 8. The highest BCUT2D eigenvalue weighted by Gasteiger charge is 2.71. The molecule has 2 saturated carbocycles. The van der Waals surface area contributed by atoms with Crippen molar-refractivity contribution < 1.29 is 67.3 Å². The molecule has 0 bridgehead atoms. The van der Waals surface area contributed by atoms with Crippen LogP contribution in [-0.2, 0) is 65.7 Å². The summed E-state index contributed by atoms with van der Waals surface area (Å²) >= 11 is 0. The van der Waals surface area contributed by atoms with Crippen molar-refractivity contribution in [3.8, 4) is 0 Å². The van der Waals surface area contributed by atoms with Crippen LogP contribution in [0.1, 0.15) is 209 Å². The molecule has 6 aliphatic rings. The first-order valence-corrected chi connectivity index (χ1v) is 36.0. The molecule has 24 nitrogen and oxygen atoms in total. The number of Topliss-reactive ketones (excluding diaryl/α,β-unsaturated/α-hetero) is 1. The van der Waals surface area contributed by atoms with Crippen molar-refractivity contribution in [3.63, 3.8) is 0 Å². The van der Waals surface area contributed by atoms with Crippen LogP contribution in [0, 0.1) is 34.5 Å². The Hall–Kier alpha value is -7.63. The number of amides is 10. The Labute approximate surface area is 579 Å². The molecule has 2 aliphatic carbocycles. The van der Waals surface area contributed by atoms with Gasteiger partial charge in [0.25, 0.3) is 11.8 Å². The molecule has 6 fully saturated rings. The van der Waals surface area contributed by atoms with Crippen LogP contribution in [0.3, 0.4) is 0 Å². The molecule has 0 aromatic heterocycles. The number of ether oxygens (including phenoxy) is 2. The summed E-state index contributed by atoms with van der Waals surface area (Å²) in [5, 5.41) is 33.0. The Morgan fingerprint density at radius 2 is 0.878 bits per heavy atom. The van der Waals surface area contributed by atoms with Gasteiger partial charge < -0.3 is 66.9 Å². The molecule has 2 aromatic rings. The quantitative estimate of drug-likeness (QED) is 0.0837. The first kappa shape index (κ1) is 77.7. The first-order valence-electron chi connectivity index (χ1n) is 36.0. The van der Waals surface area contributed by atoms with Crippen LogP contribution in [0.25, 0.3) is 0 Å². The van der Waals surface area contributed by atoms with Gasteiger partial charge in [0, 0.05) is 26.2 Å². The molecule has 24 heteroatoms. The molecule has 0 radical (unpaired) electrons. The molecule has 4 aliphatic heterocycles. The van der Waals surface area contributed by atoms with Gasteiger partial charge in [-0.3, -0.25) is 43.2 Å². The van der Waals surface area contributed by atoms with Gasteiger partial charge in [0.2, 0.25) is 41.2 Å². The van der Waals surface area contributed by atoms with Crippen molar-refractivity contribution in [1.29, 1.82) is 0 Å². The molecule has 4 saturated heterocycles. The second kappa shape index (κ2) is 35.4. The predicted octanol–water partition coefficient (Wildman–Crippen LogP) is 7.32. The van der Waals surface area contributed by atoms with Crippen molar-refractivity contribution in [2.24, 2.45) is 34.5 Å². The van der Waals surface area contributed by atoms with Gasteiger partial charge in [-0.25, -0.2) is 9.59 Å². The van der Waals surface area contributed by atoms with Gasteiger partial charge in [-0.2, -0.15) is 0 Å². The summed E-state index contributed by atoms with van der Waals surface area (Å²) in [6.45, 7) is 19.5. The molecule has 542 valence electrons. The lowest BCUT2D eigenvalue weighted by molar-refractivity contribution is -0.144. The minimum Gasteiger partial charge on any atom is -0.444 e. The highest BCUT2D eigenvalue weighted by molar-refractivity contribution is 6.38. The number of aliphatic hydroxyl groups excluding tert-OH is 1. The summed E-state index contributed by atoms with van der Waals surface area (Å²) in [5.41, 5.74) is -0.0143. The van der Waals surface area contributed by atoms with E-state index >= 15 is 0 Å². The van der Waals surface area contributed by atoms with Crippen molar-refractivity contribution in [1.82, 2.24) is 52.3 Å². The lowest BCUT2D eigenvalue weighted by Gasteiger charge is -2.34. The van der Waals surface area contributed by atoms with Gasteiger partial charge in [-0.05, 0) is 113 Å². The van der Waals surface area contributed by atoms with E-state index < -0.39 is 107 Å². The van der Waals surface area contributed by atoms with E-state index in [1.165, 1.54) is 0 Å². The number of fused-ring (bicyclic) bond motifs is 6. The third kappa shape index (κ3) is 22.7. The minimum absolute atomic E-state index is 0.0896. The Balaban J connectivity index is 0.000000276. The third-order valence-electron chi connectivity index (χ3n) is 20.3. The van der Waals surface area contributed by atoms with Crippen molar-refractivity contribution in [2.75, 3.05) is 26.2 Å². The maximum Gasteiger partial charge on any atom is 0.408 e. The monoisotopic (exact) mass is 1360 g/mol. The Bertz CT molecular complexity index is 3080. The maximum absolute atomic E-state index is 14.1. The standard InChI is InChI=1S/C37H57N5O7.C37H55N5O7/c2*1-36(2,3)49-35(48)41-27-20-16-11-9-7-6-8-10-15-19-26(40-32(45)30-29-25(37(29,4)5)23-42(30)34(27)47)31(44)33(46)39-22-28(43)38-21-24-17-13-12-14-18-24/h12-14,17-18,25-27,29-31,44H,6-11,15-16,19-23H2,1-5H3,(H,38,43)(H,39,46)(H,40,45)(H,41,48);12-14,17-18,25-27,29-30H,6-11,15-16,19-23H2,1-5H3,(H,38,43)(H,39,46)(H,40,45)(H,41,48)/t25-,26-,27-,29-,30-,31?;25-,26-,27-,29-,30-/m00/s1.